The maximum absolute atomic E-state index is 12.0. The van der Waals surface area contributed by atoms with Crippen molar-refractivity contribution in [1.29, 1.82) is 0 Å². The molecule has 0 spiro atoms. The third-order valence-electron chi connectivity index (χ3n) is 3.69. The van der Waals surface area contributed by atoms with Crippen molar-refractivity contribution in [2.45, 2.75) is 37.1 Å². The topological polar surface area (TPSA) is 144 Å². The van der Waals surface area contributed by atoms with Crippen LogP contribution in [0.1, 0.15) is 12.8 Å². The number of hydrogen-bond acceptors (Lipinski definition) is 4. The second-order valence-electron chi connectivity index (χ2n) is 4.79. The van der Waals surface area contributed by atoms with Crippen molar-refractivity contribution in [1.82, 2.24) is 9.80 Å². The summed E-state index contributed by atoms with van der Waals surface area (Å²) >= 11 is 0. The average molecular weight is 262 g/mol. The predicted molar refractivity (Wildman–Crippen MR) is 59.5 cm³/mol. The van der Waals surface area contributed by atoms with Gasteiger partial charge in [0, 0.05) is 25.9 Å². The number of aliphatic hydroxyl groups excluding tert-OH is 2. The molecule has 0 aliphatic carbocycles. The quantitative estimate of drug-likeness (QED) is 0.462. The Hall–Kier alpha value is -1.22. The van der Waals surface area contributed by atoms with Crippen LogP contribution >= 0.6 is 0 Å². The molecular formula is C10H18N2O6. The van der Waals surface area contributed by atoms with E-state index in [1.165, 1.54) is 9.80 Å². The van der Waals surface area contributed by atoms with Gasteiger partial charge in [0.25, 0.3) is 0 Å². The number of hydrogen-bond donors (Lipinski definition) is 2. The third-order valence-corrected chi connectivity index (χ3v) is 3.69. The summed E-state index contributed by atoms with van der Waals surface area (Å²) in [6, 6.07) is -1.02. The molecule has 3 heterocycles. The smallest absolute Gasteiger partial charge is 0.246 e. The van der Waals surface area contributed by atoms with E-state index in [0.717, 1.165) is 0 Å². The molecule has 3 rings (SSSR count). The first-order valence-electron chi connectivity index (χ1n) is 5.55. The zero-order valence-electron chi connectivity index (χ0n) is 9.74. The van der Waals surface area contributed by atoms with Gasteiger partial charge in [0.1, 0.15) is 12.1 Å². The first kappa shape index (κ1) is 14.8. The van der Waals surface area contributed by atoms with Gasteiger partial charge >= 0.3 is 0 Å². The van der Waals surface area contributed by atoms with E-state index in [4.69, 9.17) is 0 Å². The van der Waals surface area contributed by atoms with Crippen molar-refractivity contribution in [3.63, 3.8) is 0 Å². The Morgan fingerprint density at radius 3 is 1.50 bits per heavy atom. The number of aliphatic hydroxyl groups is 2. The molecule has 18 heavy (non-hydrogen) atoms. The minimum atomic E-state index is -0.595. The molecule has 104 valence electrons. The second kappa shape index (κ2) is 4.81. The van der Waals surface area contributed by atoms with Crippen LogP contribution in [0.4, 0.5) is 0 Å². The summed E-state index contributed by atoms with van der Waals surface area (Å²) < 4.78 is 0. The van der Waals surface area contributed by atoms with Gasteiger partial charge in [-0.2, -0.15) is 0 Å². The van der Waals surface area contributed by atoms with Crippen LogP contribution in [0.5, 0.6) is 0 Å². The molecule has 4 atom stereocenters. The monoisotopic (exact) mass is 262 g/mol. The number of fused-ring (bicyclic) bond motifs is 2. The zero-order valence-corrected chi connectivity index (χ0v) is 9.74. The Morgan fingerprint density at radius 1 is 0.833 bits per heavy atom. The molecule has 3 fully saturated rings. The molecule has 3 aliphatic rings. The third kappa shape index (κ3) is 1.87. The van der Waals surface area contributed by atoms with Crippen LogP contribution in [0.25, 0.3) is 0 Å². The SMILES string of the molecule is O.O.O=C1[C@@H]2C[C@@H](O)CN2C(=O)[C@@H]2C[C@@H](O)CN12. The molecule has 2 amide bonds. The minimum absolute atomic E-state index is 0. The van der Waals surface area contributed by atoms with Gasteiger partial charge in [-0.1, -0.05) is 0 Å². The Bertz CT molecular complexity index is 300. The van der Waals surface area contributed by atoms with Crippen LogP contribution < -0.4 is 0 Å². The Morgan fingerprint density at radius 2 is 1.17 bits per heavy atom. The lowest BCUT2D eigenvalue weighted by Gasteiger charge is -2.38. The van der Waals surface area contributed by atoms with Crippen molar-refractivity contribution in [2.75, 3.05) is 13.1 Å². The first-order valence-corrected chi connectivity index (χ1v) is 5.55. The molecule has 3 saturated heterocycles. The molecule has 6 N–H and O–H groups in total. The highest BCUT2D eigenvalue weighted by Crippen LogP contribution is 2.32. The highest BCUT2D eigenvalue weighted by molar-refractivity contribution is 5.98. The molecule has 0 aromatic carbocycles. The van der Waals surface area contributed by atoms with E-state index in [1.807, 2.05) is 0 Å². The molecule has 0 radical (unpaired) electrons. The molecule has 0 bridgehead atoms. The lowest BCUT2D eigenvalue weighted by atomic mass is 10.1. The minimum Gasteiger partial charge on any atom is -0.412 e. The molecule has 0 aromatic heterocycles. The maximum Gasteiger partial charge on any atom is 0.246 e. The summed E-state index contributed by atoms with van der Waals surface area (Å²) in [4.78, 5) is 27.0. The fourth-order valence-electron chi connectivity index (χ4n) is 2.97. The summed E-state index contributed by atoms with van der Waals surface area (Å²) in [5.41, 5.74) is 0. The predicted octanol–water partition coefficient (Wildman–Crippen LogP) is -3.73. The molecule has 0 saturated carbocycles. The van der Waals surface area contributed by atoms with E-state index < -0.39 is 24.3 Å². The lowest BCUT2D eigenvalue weighted by molar-refractivity contribution is -0.157. The van der Waals surface area contributed by atoms with E-state index in [0.29, 0.717) is 12.8 Å². The summed E-state index contributed by atoms with van der Waals surface area (Å²) in [6.45, 7) is 0.491. The van der Waals surface area contributed by atoms with Gasteiger partial charge in [-0.05, 0) is 0 Å². The standard InChI is InChI=1S/C10H14N2O4.2H2O/c13-5-1-7-9(15)12-4-6(14)2-8(12)10(16)11(7)3-5;;/h5-8,13-14H,1-4H2;2*1H2/t5-,6-,7+,8+;;/m1../s1. The number of carbonyl (C=O) groups is 2. The van der Waals surface area contributed by atoms with E-state index in [9.17, 15) is 19.8 Å². The highest BCUT2D eigenvalue weighted by Gasteiger charge is 2.53. The number of amides is 2. The summed E-state index contributed by atoms with van der Waals surface area (Å²) in [5.74, 6) is -0.254. The fourth-order valence-corrected chi connectivity index (χ4v) is 2.97. The average Bonchev–Trinajstić information content (AvgIpc) is 2.78. The van der Waals surface area contributed by atoms with Crippen LogP contribution in [0, 0.1) is 0 Å². The van der Waals surface area contributed by atoms with Crippen molar-refractivity contribution < 1.29 is 30.8 Å². The van der Waals surface area contributed by atoms with Gasteiger partial charge in [0.15, 0.2) is 0 Å². The number of rotatable bonds is 0. The van der Waals surface area contributed by atoms with Gasteiger partial charge in [-0.15, -0.1) is 0 Å². The zero-order chi connectivity index (χ0) is 11.4. The Kier molecular flexibility index (Phi) is 3.96. The molecular weight excluding hydrogens is 244 g/mol. The van der Waals surface area contributed by atoms with Crippen LogP contribution in [0.2, 0.25) is 0 Å². The molecule has 8 nitrogen and oxygen atoms in total. The molecule has 0 unspecified atom stereocenters. The normalized spacial score (nSPS) is 37.9. The van der Waals surface area contributed by atoms with Gasteiger partial charge in [0.05, 0.1) is 12.2 Å². The highest BCUT2D eigenvalue weighted by atomic mass is 16.3. The number of nitrogens with zero attached hydrogens (tertiary/aromatic N) is 2. The van der Waals surface area contributed by atoms with Crippen LogP contribution in [0.15, 0.2) is 0 Å². The van der Waals surface area contributed by atoms with Gasteiger partial charge in [-0.25, -0.2) is 0 Å². The summed E-state index contributed by atoms with van der Waals surface area (Å²) in [6.07, 6.45) is -0.543. The summed E-state index contributed by atoms with van der Waals surface area (Å²) in [5, 5.41) is 19.0. The second-order valence-corrected chi connectivity index (χ2v) is 4.79. The van der Waals surface area contributed by atoms with E-state index in [-0.39, 0.29) is 35.9 Å². The van der Waals surface area contributed by atoms with E-state index in [2.05, 4.69) is 0 Å². The van der Waals surface area contributed by atoms with Gasteiger partial charge < -0.3 is 31.0 Å². The fraction of sp³-hybridized carbons (Fsp3) is 0.800. The number of carbonyl (C=O) groups excluding carboxylic acids is 2. The van der Waals surface area contributed by atoms with E-state index in [1.54, 1.807) is 0 Å². The largest absolute Gasteiger partial charge is 0.412 e. The van der Waals surface area contributed by atoms with Crippen molar-refractivity contribution in [2.24, 2.45) is 0 Å². The maximum atomic E-state index is 12.0. The lowest BCUT2D eigenvalue weighted by Crippen LogP contribution is -2.60. The van der Waals surface area contributed by atoms with Crippen molar-refractivity contribution in [3.05, 3.63) is 0 Å². The molecule has 0 aromatic rings. The van der Waals surface area contributed by atoms with Crippen LogP contribution in [0.3, 0.4) is 0 Å². The van der Waals surface area contributed by atoms with Crippen LogP contribution in [-0.2, 0) is 9.59 Å². The molecule has 3 aliphatic heterocycles. The van der Waals surface area contributed by atoms with Crippen molar-refractivity contribution in [3.8, 4) is 0 Å². The van der Waals surface area contributed by atoms with Crippen molar-refractivity contribution >= 4 is 11.8 Å². The Labute approximate surface area is 103 Å². The van der Waals surface area contributed by atoms with Gasteiger partial charge in [-0.3, -0.25) is 9.59 Å². The molecule has 8 heteroatoms. The van der Waals surface area contributed by atoms with Crippen LogP contribution in [-0.4, -0.2) is 80.2 Å². The summed E-state index contributed by atoms with van der Waals surface area (Å²) in [7, 11) is 0. The van der Waals surface area contributed by atoms with E-state index >= 15 is 0 Å². The Balaban J connectivity index is 0.000000810. The number of piperazine rings is 1. The van der Waals surface area contributed by atoms with Gasteiger partial charge in [0.2, 0.25) is 11.8 Å². The first-order chi connectivity index (χ1) is 7.58.